The van der Waals surface area contributed by atoms with Gasteiger partial charge in [0.1, 0.15) is 6.10 Å². The number of methoxy groups -OCH3 is 1. The van der Waals surface area contributed by atoms with E-state index in [1.54, 1.807) is 7.11 Å². The Morgan fingerprint density at radius 3 is 2.92 bits per heavy atom. The van der Waals surface area contributed by atoms with Crippen LogP contribution < -0.4 is 20.1 Å². The van der Waals surface area contributed by atoms with Crippen LogP contribution in [0.5, 0.6) is 11.5 Å². The lowest BCUT2D eigenvalue weighted by Crippen LogP contribution is -2.47. The zero-order valence-corrected chi connectivity index (χ0v) is 14.2. The van der Waals surface area contributed by atoms with Gasteiger partial charge in [-0.2, -0.15) is 0 Å². The third kappa shape index (κ3) is 3.90. The van der Waals surface area contributed by atoms with Gasteiger partial charge in [0.25, 0.3) is 0 Å². The third-order valence-corrected chi connectivity index (χ3v) is 4.77. The molecule has 1 saturated carbocycles. The number of nitrogens with one attached hydrogen (secondary N) is 2. The van der Waals surface area contributed by atoms with E-state index in [0.717, 1.165) is 55.8 Å². The fraction of sp³-hybridized carbons (Fsp3) is 0.526. The van der Waals surface area contributed by atoms with Crippen molar-refractivity contribution in [3.05, 3.63) is 36.4 Å². The molecule has 2 N–H and O–H groups in total. The fourth-order valence-corrected chi connectivity index (χ4v) is 3.26. The number of allylic oxidation sites excluding steroid dienone is 1. The summed E-state index contributed by atoms with van der Waals surface area (Å²) in [7, 11) is 1.64. The SMILES string of the molecule is C=CCc1ccc(OC)c(OC2CC(C(=O)NC3CCNC3)C2)c1. The molecule has 0 spiro atoms. The van der Waals surface area contributed by atoms with Crippen LogP contribution in [-0.4, -0.2) is 38.3 Å². The Morgan fingerprint density at radius 1 is 1.42 bits per heavy atom. The molecule has 3 rings (SSSR count). The van der Waals surface area contributed by atoms with Gasteiger partial charge in [0, 0.05) is 18.5 Å². The quantitative estimate of drug-likeness (QED) is 0.752. The van der Waals surface area contributed by atoms with Crippen LogP contribution in [0.25, 0.3) is 0 Å². The summed E-state index contributed by atoms with van der Waals surface area (Å²) in [4.78, 5) is 12.2. The van der Waals surface area contributed by atoms with E-state index < -0.39 is 0 Å². The number of rotatable bonds is 7. The van der Waals surface area contributed by atoms with Crippen molar-refractivity contribution in [1.29, 1.82) is 0 Å². The third-order valence-electron chi connectivity index (χ3n) is 4.77. The average molecular weight is 330 g/mol. The lowest BCUT2D eigenvalue weighted by Gasteiger charge is -2.35. The van der Waals surface area contributed by atoms with E-state index in [-0.39, 0.29) is 24.0 Å². The number of hydrogen-bond acceptors (Lipinski definition) is 4. The summed E-state index contributed by atoms with van der Waals surface area (Å²) in [6.07, 6.45) is 5.29. The Hall–Kier alpha value is -2.01. The molecule has 2 fully saturated rings. The highest BCUT2D eigenvalue weighted by atomic mass is 16.5. The zero-order valence-electron chi connectivity index (χ0n) is 14.2. The first-order valence-electron chi connectivity index (χ1n) is 8.65. The molecular weight excluding hydrogens is 304 g/mol. The Bertz CT molecular complexity index is 590. The highest BCUT2D eigenvalue weighted by Crippen LogP contribution is 2.36. The van der Waals surface area contributed by atoms with E-state index in [1.807, 2.05) is 24.3 Å². The monoisotopic (exact) mass is 330 g/mol. The average Bonchev–Trinajstić information content (AvgIpc) is 3.03. The van der Waals surface area contributed by atoms with Crippen molar-refractivity contribution >= 4 is 5.91 Å². The minimum absolute atomic E-state index is 0.0675. The second-order valence-electron chi connectivity index (χ2n) is 6.58. The Kier molecular flexibility index (Phi) is 5.41. The first-order chi connectivity index (χ1) is 11.7. The van der Waals surface area contributed by atoms with Gasteiger partial charge in [0.2, 0.25) is 5.91 Å². The van der Waals surface area contributed by atoms with Crippen LogP contribution in [-0.2, 0) is 11.2 Å². The van der Waals surface area contributed by atoms with Gasteiger partial charge in [-0.15, -0.1) is 6.58 Å². The van der Waals surface area contributed by atoms with Crippen LogP contribution in [0.1, 0.15) is 24.8 Å². The van der Waals surface area contributed by atoms with E-state index in [0.29, 0.717) is 0 Å². The van der Waals surface area contributed by atoms with Crippen LogP contribution in [0.4, 0.5) is 0 Å². The molecule has 130 valence electrons. The molecule has 24 heavy (non-hydrogen) atoms. The molecule has 1 aromatic carbocycles. The van der Waals surface area contributed by atoms with Crippen molar-refractivity contribution in [2.75, 3.05) is 20.2 Å². The van der Waals surface area contributed by atoms with E-state index in [1.165, 1.54) is 0 Å². The molecular formula is C19H26N2O3. The first-order valence-corrected chi connectivity index (χ1v) is 8.65. The Labute approximate surface area is 143 Å². The predicted molar refractivity (Wildman–Crippen MR) is 93.5 cm³/mol. The van der Waals surface area contributed by atoms with Gasteiger partial charge in [-0.05, 0) is 49.9 Å². The number of carbonyl (C=O) groups excluding carboxylic acids is 1. The number of hydrogen-bond donors (Lipinski definition) is 2. The molecule has 1 atom stereocenters. The van der Waals surface area contributed by atoms with Crippen molar-refractivity contribution < 1.29 is 14.3 Å². The van der Waals surface area contributed by atoms with Gasteiger partial charge in [-0.25, -0.2) is 0 Å². The van der Waals surface area contributed by atoms with Crippen molar-refractivity contribution in [2.45, 2.75) is 37.8 Å². The molecule has 1 heterocycles. The topological polar surface area (TPSA) is 59.6 Å². The zero-order chi connectivity index (χ0) is 16.9. The smallest absolute Gasteiger partial charge is 0.223 e. The van der Waals surface area contributed by atoms with Crippen LogP contribution >= 0.6 is 0 Å². The predicted octanol–water partition coefficient (Wildman–Crippen LogP) is 2.06. The fourth-order valence-electron chi connectivity index (χ4n) is 3.26. The molecule has 5 heteroatoms. The largest absolute Gasteiger partial charge is 0.493 e. The first kappa shape index (κ1) is 16.8. The molecule has 1 aromatic rings. The second-order valence-corrected chi connectivity index (χ2v) is 6.58. The number of ether oxygens (including phenoxy) is 2. The normalized spacial score (nSPS) is 25.6. The van der Waals surface area contributed by atoms with E-state index in [2.05, 4.69) is 17.2 Å². The van der Waals surface area contributed by atoms with Gasteiger partial charge >= 0.3 is 0 Å². The molecule has 1 saturated heterocycles. The van der Waals surface area contributed by atoms with E-state index in [9.17, 15) is 4.79 Å². The molecule has 0 radical (unpaired) electrons. The van der Waals surface area contributed by atoms with Crippen LogP contribution in [0, 0.1) is 5.92 Å². The maximum Gasteiger partial charge on any atom is 0.223 e. The lowest BCUT2D eigenvalue weighted by atomic mass is 9.81. The van der Waals surface area contributed by atoms with E-state index >= 15 is 0 Å². The summed E-state index contributed by atoms with van der Waals surface area (Å²) in [5.74, 6) is 1.71. The van der Waals surface area contributed by atoms with Crippen molar-refractivity contribution in [3.63, 3.8) is 0 Å². The maximum atomic E-state index is 12.2. The molecule has 1 amide bonds. The van der Waals surface area contributed by atoms with Gasteiger partial charge in [0.15, 0.2) is 11.5 Å². The lowest BCUT2D eigenvalue weighted by molar-refractivity contribution is -0.131. The number of amides is 1. The summed E-state index contributed by atoms with van der Waals surface area (Å²) < 4.78 is 11.4. The van der Waals surface area contributed by atoms with Gasteiger partial charge in [-0.1, -0.05) is 12.1 Å². The van der Waals surface area contributed by atoms with E-state index in [4.69, 9.17) is 9.47 Å². The van der Waals surface area contributed by atoms with Gasteiger partial charge in [-0.3, -0.25) is 4.79 Å². The van der Waals surface area contributed by atoms with Gasteiger partial charge in [0.05, 0.1) is 7.11 Å². The molecule has 1 aliphatic carbocycles. The summed E-state index contributed by atoms with van der Waals surface area (Å²) in [5.41, 5.74) is 1.14. The van der Waals surface area contributed by atoms with Gasteiger partial charge < -0.3 is 20.1 Å². The molecule has 5 nitrogen and oxygen atoms in total. The summed E-state index contributed by atoms with van der Waals surface area (Å²) in [6.45, 7) is 5.64. The molecule has 2 aliphatic rings. The number of carbonyl (C=O) groups is 1. The molecule has 0 bridgehead atoms. The van der Waals surface area contributed by atoms with Crippen LogP contribution in [0.3, 0.4) is 0 Å². The standard InChI is InChI=1S/C19H26N2O3/c1-3-4-13-5-6-17(23-2)18(9-13)24-16-10-14(11-16)19(22)21-15-7-8-20-12-15/h3,5-6,9,14-16,20H,1,4,7-8,10-12H2,2H3,(H,21,22). The van der Waals surface area contributed by atoms with Crippen LogP contribution in [0.2, 0.25) is 0 Å². The summed E-state index contributed by atoms with van der Waals surface area (Å²) in [6, 6.07) is 6.22. The molecule has 0 aromatic heterocycles. The Morgan fingerprint density at radius 2 is 2.25 bits per heavy atom. The summed E-state index contributed by atoms with van der Waals surface area (Å²) >= 11 is 0. The van der Waals surface area contributed by atoms with Crippen molar-refractivity contribution in [1.82, 2.24) is 10.6 Å². The maximum absolute atomic E-state index is 12.2. The number of benzene rings is 1. The summed E-state index contributed by atoms with van der Waals surface area (Å²) in [5, 5.41) is 6.38. The minimum Gasteiger partial charge on any atom is -0.493 e. The minimum atomic E-state index is 0.0675. The van der Waals surface area contributed by atoms with Crippen molar-refractivity contribution in [2.24, 2.45) is 5.92 Å². The second kappa shape index (κ2) is 7.71. The molecule has 1 unspecified atom stereocenters. The highest BCUT2D eigenvalue weighted by Gasteiger charge is 2.37. The Balaban J connectivity index is 1.52. The van der Waals surface area contributed by atoms with Crippen LogP contribution in [0.15, 0.2) is 30.9 Å². The highest BCUT2D eigenvalue weighted by molar-refractivity contribution is 5.80. The molecule has 1 aliphatic heterocycles. The van der Waals surface area contributed by atoms with Crippen molar-refractivity contribution in [3.8, 4) is 11.5 Å².